The van der Waals surface area contributed by atoms with Crippen molar-refractivity contribution in [3.63, 3.8) is 0 Å². The Hall–Kier alpha value is -1.50. The van der Waals surface area contributed by atoms with Crippen LogP contribution < -0.4 is 0 Å². The molecule has 0 aliphatic rings. The highest BCUT2D eigenvalue weighted by atomic mass is 16.2. The van der Waals surface area contributed by atoms with E-state index in [9.17, 15) is 14.4 Å². The number of carbonyl (C=O) groups is 3. The summed E-state index contributed by atoms with van der Waals surface area (Å²) in [7, 11) is 0. The average Bonchev–Trinajstić information content (AvgIpc) is 2.19. The number of nitrogens with zero attached hydrogens (tertiary/aromatic N) is 1. The maximum Gasteiger partial charge on any atom is 0.230 e. The van der Waals surface area contributed by atoms with Gasteiger partial charge in [0.05, 0.1) is 6.07 Å². The predicted molar refractivity (Wildman–Crippen MR) is 58.6 cm³/mol. The van der Waals surface area contributed by atoms with Crippen LogP contribution in [0.5, 0.6) is 0 Å². The van der Waals surface area contributed by atoms with Gasteiger partial charge in [0.1, 0.15) is 0 Å². The van der Waals surface area contributed by atoms with E-state index in [4.69, 9.17) is 5.26 Å². The highest BCUT2D eigenvalue weighted by molar-refractivity contribution is 6.26. The molecule has 16 heavy (non-hydrogen) atoms. The summed E-state index contributed by atoms with van der Waals surface area (Å²) in [5.41, 5.74) is -2.05. The molecule has 0 spiro atoms. The number of nitriles is 1. The molecule has 0 amide bonds. The molecule has 0 fully saturated rings. The molecule has 0 aliphatic carbocycles. The minimum Gasteiger partial charge on any atom is -0.297 e. The summed E-state index contributed by atoms with van der Waals surface area (Å²) in [6.07, 6.45) is 1.22. The molecule has 0 bridgehead atoms. The molecular weight excluding hydrogens is 206 g/mol. The van der Waals surface area contributed by atoms with Crippen molar-refractivity contribution in [3.8, 4) is 6.07 Å². The van der Waals surface area contributed by atoms with E-state index in [1.807, 2.05) is 0 Å². The van der Waals surface area contributed by atoms with E-state index in [1.165, 1.54) is 0 Å². The summed E-state index contributed by atoms with van der Waals surface area (Å²) in [6.45, 7) is 4.67. The Bertz CT molecular complexity index is 321. The molecule has 0 radical (unpaired) electrons. The Morgan fingerprint density at radius 1 is 1.06 bits per heavy atom. The van der Waals surface area contributed by atoms with Crippen molar-refractivity contribution in [3.05, 3.63) is 0 Å². The van der Waals surface area contributed by atoms with Gasteiger partial charge in [-0.2, -0.15) is 5.26 Å². The van der Waals surface area contributed by atoms with Gasteiger partial charge in [0.25, 0.3) is 0 Å². The summed E-state index contributed by atoms with van der Waals surface area (Å²) in [5, 5.41) is 9.03. The molecule has 0 aromatic heterocycles. The Morgan fingerprint density at radius 3 is 1.62 bits per heavy atom. The minimum absolute atomic E-state index is 0.0859. The van der Waals surface area contributed by atoms with Gasteiger partial charge in [0, 0.05) is 12.8 Å². The maximum absolute atomic E-state index is 11.8. The third-order valence-electron chi connectivity index (χ3n) is 2.49. The molecule has 0 aromatic carbocycles. The summed E-state index contributed by atoms with van der Waals surface area (Å²) in [4.78, 5) is 35.0. The molecule has 0 aliphatic heterocycles. The van der Waals surface area contributed by atoms with E-state index in [0.717, 1.165) is 6.92 Å². The molecule has 0 saturated heterocycles. The van der Waals surface area contributed by atoms with E-state index in [0.29, 0.717) is 12.8 Å². The minimum atomic E-state index is -2.05. The Morgan fingerprint density at radius 2 is 1.44 bits per heavy atom. The summed E-state index contributed by atoms with van der Waals surface area (Å²) >= 11 is 0. The fraction of sp³-hybridized carbons (Fsp3) is 0.667. The van der Waals surface area contributed by atoms with Crippen LogP contribution in [-0.2, 0) is 14.4 Å². The molecule has 0 atom stereocenters. The predicted octanol–water partition coefficient (Wildman–Crippen LogP) is 1.82. The molecule has 0 N–H and O–H groups in total. The second-order valence-corrected chi connectivity index (χ2v) is 3.76. The van der Waals surface area contributed by atoms with Crippen molar-refractivity contribution in [2.45, 2.75) is 46.5 Å². The highest BCUT2D eigenvalue weighted by Crippen LogP contribution is 2.25. The Balaban J connectivity index is 5.34. The monoisotopic (exact) mass is 223 g/mol. The normalized spacial score (nSPS) is 10.6. The Labute approximate surface area is 95.6 Å². The number of rotatable bonds is 7. The van der Waals surface area contributed by atoms with Gasteiger partial charge in [-0.05, 0) is 19.8 Å². The first-order chi connectivity index (χ1) is 7.47. The molecular formula is C12H17NO3. The zero-order chi connectivity index (χ0) is 12.8. The van der Waals surface area contributed by atoms with E-state index in [2.05, 4.69) is 0 Å². The van der Waals surface area contributed by atoms with Crippen molar-refractivity contribution in [2.75, 3.05) is 0 Å². The molecule has 0 saturated carbocycles. The van der Waals surface area contributed by atoms with Crippen LogP contribution in [0.4, 0.5) is 0 Å². The lowest BCUT2D eigenvalue weighted by Crippen LogP contribution is -2.44. The molecule has 0 unspecified atom stereocenters. The summed E-state index contributed by atoms with van der Waals surface area (Å²) in [6, 6.07) is 1.64. The van der Waals surface area contributed by atoms with Crippen LogP contribution in [0.2, 0.25) is 0 Å². The van der Waals surface area contributed by atoms with E-state index in [-0.39, 0.29) is 12.8 Å². The second-order valence-electron chi connectivity index (χ2n) is 3.76. The first-order valence-electron chi connectivity index (χ1n) is 5.46. The van der Waals surface area contributed by atoms with Crippen LogP contribution in [0.1, 0.15) is 46.5 Å². The molecule has 4 heteroatoms. The maximum atomic E-state index is 11.8. The standard InChI is InChI=1S/C12H17NO3/c1-4-6-10(15)12(8-13,9(3)14)11(16)7-5-2/h4-7H2,1-3H3. The number of Topliss-reactive ketones (excluding diaryl/α,β-unsaturated/α-hetero) is 3. The van der Waals surface area contributed by atoms with Gasteiger partial charge in [0.15, 0.2) is 17.3 Å². The van der Waals surface area contributed by atoms with Gasteiger partial charge in [-0.1, -0.05) is 13.8 Å². The van der Waals surface area contributed by atoms with Crippen LogP contribution in [-0.4, -0.2) is 17.3 Å². The van der Waals surface area contributed by atoms with Gasteiger partial charge in [-0.15, -0.1) is 0 Å². The van der Waals surface area contributed by atoms with Crippen molar-refractivity contribution in [1.29, 1.82) is 5.26 Å². The fourth-order valence-corrected chi connectivity index (χ4v) is 1.58. The van der Waals surface area contributed by atoms with Crippen LogP contribution >= 0.6 is 0 Å². The van der Waals surface area contributed by atoms with Gasteiger partial charge in [0.2, 0.25) is 5.41 Å². The number of carbonyl (C=O) groups excluding carboxylic acids is 3. The van der Waals surface area contributed by atoms with Crippen molar-refractivity contribution in [1.82, 2.24) is 0 Å². The molecule has 88 valence electrons. The van der Waals surface area contributed by atoms with Gasteiger partial charge in [-0.3, -0.25) is 14.4 Å². The van der Waals surface area contributed by atoms with Crippen molar-refractivity contribution >= 4 is 17.3 Å². The number of hydrogen-bond donors (Lipinski definition) is 0. The smallest absolute Gasteiger partial charge is 0.230 e. The zero-order valence-corrected chi connectivity index (χ0v) is 10.0. The second kappa shape index (κ2) is 6.16. The number of ketones is 3. The van der Waals surface area contributed by atoms with Crippen LogP contribution in [0.25, 0.3) is 0 Å². The summed E-state index contributed by atoms with van der Waals surface area (Å²) < 4.78 is 0. The number of hydrogen-bond acceptors (Lipinski definition) is 4. The zero-order valence-electron chi connectivity index (χ0n) is 10.0. The molecule has 4 nitrogen and oxygen atoms in total. The quantitative estimate of drug-likeness (QED) is 0.617. The third kappa shape index (κ3) is 2.54. The van der Waals surface area contributed by atoms with Crippen LogP contribution in [0, 0.1) is 16.7 Å². The lowest BCUT2D eigenvalue weighted by Gasteiger charge is -2.20. The van der Waals surface area contributed by atoms with Gasteiger partial charge in [-0.25, -0.2) is 0 Å². The first kappa shape index (κ1) is 14.5. The van der Waals surface area contributed by atoms with Crippen LogP contribution in [0.3, 0.4) is 0 Å². The van der Waals surface area contributed by atoms with Crippen LogP contribution in [0.15, 0.2) is 0 Å². The van der Waals surface area contributed by atoms with E-state index >= 15 is 0 Å². The van der Waals surface area contributed by atoms with E-state index in [1.54, 1.807) is 19.9 Å². The van der Waals surface area contributed by atoms with Crippen molar-refractivity contribution < 1.29 is 14.4 Å². The summed E-state index contributed by atoms with van der Waals surface area (Å²) in [5.74, 6) is -1.79. The lowest BCUT2D eigenvalue weighted by atomic mass is 9.74. The largest absolute Gasteiger partial charge is 0.297 e. The van der Waals surface area contributed by atoms with E-state index < -0.39 is 22.8 Å². The Kier molecular flexibility index (Phi) is 5.59. The van der Waals surface area contributed by atoms with Crippen molar-refractivity contribution in [2.24, 2.45) is 5.41 Å². The molecule has 0 rings (SSSR count). The average molecular weight is 223 g/mol. The topological polar surface area (TPSA) is 75.0 Å². The lowest BCUT2D eigenvalue weighted by molar-refractivity contribution is -0.144. The van der Waals surface area contributed by atoms with Gasteiger partial charge < -0.3 is 0 Å². The van der Waals surface area contributed by atoms with Gasteiger partial charge >= 0.3 is 0 Å². The fourth-order valence-electron chi connectivity index (χ4n) is 1.58. The SMILES string of the molecule is CCCC(=O)C(C#N)(C(C)=O)C(=O)CCC. The molecule has 0 heterocycles. The molecule has 0 aromatic rings. The third-order valence-corrected chi connectivity index (χ3v) is 2.49. The first-order valence-corrected chi connectivity index (χ1v) is 5.46. The highest BCUT2D eigenvalue weighted by Gasteiger charge is 2.48.